The van der Waals surface area contributed by atoms with Crippen molar-refractivity contribution in [2.45, 2.75) is 13.8 Å². The molecule has 2 aromatic heterocycles. The number of hydrogen-bond donors (Lipinski definition) is 0. The van der Waals surface area contributed by atoms with E-state index in [1.54, 1.807) is 56.3 Å². The van der Waals surface area contributed by atoms with Gasteiger partial charge in [-0.25, -0.2) is 24.6 Å². The van der Waals surface area contributed by atoms with Gasteiger partial charge in [-0.2, -0.15) is 15.8 Å². The van der Waals surface area contributed by atoms with Gasteiger partial charge in [0, 0.05) is 33.2 Å². The summed E-state index contributed by atoms with van der Waals surface area (Å²) in [5.74, 6) is 1.53. The van der Waals surface area contributed by atoms with E-state index in [9.17, 15) is 15.8 Å². The summed E-state index contributed by atoms with van der Waals surface area (Å²) in [4.78, 5) is 20.4. The van der Waals surface area contributed by atoms with Crippen molar-refractivity contribution in [1.82, 2.24) is 19.5 Å². The Morgan fingerprint density at radius 1 is 0.592 bits per heavy atom. The molecule has 0 bridgehead atoms. The van der Waals surface area contributed by atoms with Gasteiger partial charge in [0.2, 0.25) is 0 Å². The Morgan fingerprint density at radius 3 is 1.82 bits per heavy atom. The molecule has 0 saturated carbocycles. The number of benzene rings is 5. The van der Waals surface area contributed by atoms with Gasteiger partial charge in [-0.1, -0.05) is 42.5 Å². The second kappa shape index (κ2) is 11.9. The quantitative estimate of drug-likeness (QED) is 0.179. The van der Waals surface area contributed by atoms with Crippen LogP contribution in [0.3, 0.4) is 0 Å². The number of aromatic nitrogens is 4. The van der Waals surface area contributed by atoms with Gasteiger partial charge in [0.25, 0.3) is 0 Å². The van der Waals surface area contributed by atoms with E-state index in [1.807, 2.05) is 48.5 Å². The van der Waals surface area contributed by atoms with E-state index in [-0.39, 0.29) is 0 Å². The summed E-state index contributed by atoms with van der Waals surface area (Å²) in [6, 6.07) is 34.3. The standard InChI is InChI=1S/C40H21N9/c1-23-46-24(2)48-40(47-23)34-14-9-31(17-29(34)22-43)49-38-18-26(32-13-8-30(44-3)16-28(32)21-42)6-11-35(38)36-12-7-27(19-39(36)49)33-10-5-25(20-41)15-37(33)45-4/h5-19H,1-2H3. The van der Waals surface area contributed by atoms with Gasteiger partial charge in [-0.05, 0) is 84.6 Å². The minimum Gasteiger partial charge on any atom is -0.309 e. The van der Waals surface area contributed by atoms with Crippen molar-refractivity contribution in [3.05, 3.63) is 142 Å². The predicted octanol–water partition coefficient (Wildman–Crippen LogP) is 9.30. The maximum absolute atomic E-state index is 10.3. The molecule has 0 spiro atoms. The summed E-state index contributed by atoms with van der Waals surface area (Å²) in [6.07, 6.45) is 0. The maximum atomic E-state index is 10.3. The molecule has 49 heavy (non-hydrogen) atoms. The van der Waals surface area contributed by atoms with Crippen LogP contribution in [-0.2, 0) is 0 Å². The molecule has 2 heterocycles. The minimum absolute atomic E-state index is 0.370. The highest BCUT2D eigenvalue weighted by Crippen LogP contribution is 2.40. The Morgan fingerprint density at radius 2 is 1.20 bits per heavy atom. The van der Waals surface area contributed by atoms with Crippen LogP contribution in [0, 0.1) is 61.0 Å². The third-order valence-corrected chi connectivity index (χ3v) is 8.37. The maximum Gasteiger partial charge on any atom is 0.196 e. The van der Waals surface area contributed by atoms with Crippen LogP contribution in [0.15, 0.2) is 91.0 Å². The molecule has 0 saturated heterocycles. The van der Waals surface area contributed by atoms with Crippen molar-refractivity contribution >= 4 is 33.2 Å². The molecule has 9 heteroatoms. The predicted molar refractivity (Wildman–Crippen MR) is 187 cm³/mol. The Balaban J connectivity index is 1.52. The zero-order valence-corrected chi connectivity index (χ0v) is 26.2. The average Bonchev–Trinajstić information content (AvgIpc) is 3.46. The number of nitrogens with zero attached hydrogens (tertiary/aromatic N) is 9. The molecule has 7 rings (SSSR count). The zero-order chi connectivity index (χ0) is 34.2. The van der Waals surface area contributed by atoms with Crippen molar-refractivity contribution in [3.63, 3.8) is 0 Å². The van der Waals surface area contributed by atoms with Gasteiger partial charge in [0.1, 0.15) is 11.6 Å². The fourth-order valence-electron chi connectivity index (χ4n) is 6.21. The molecule has 0 unspecified atom stereocenters. The molecule has 0 aliphatic rings. The fraction of sp³-hybridized carbons (Fsp3) is 0.0500. The number of aryl methyl sites for hydroxylation is 2. The molecule has 0 radical (unpaired) electrons. The van der Waals surface area contributed by atoms with E-state index in [0.717, 1.165) is 32.9 Å². The molecule has 7 aromatic rings. The molecule has 226 valence electrons. The number of hydrogen-bond acceptors (Lipinski definition) is 6. The van der Waals surface area contributed by atoms with E-state index in [1.165, 1.54) is 0 Å². The number of nitriles is 3. The highest BCUT2D eigenvalue weighted by molar-refractivity contribution is 6.11. The zero-order valence-electron chi connectivity index (χ0n) is 26.2. The summed E-state index contributed by atoms with van der Waals surface area (Å²) < 4.78 is 2.06. The topological polar surface area (TPSA) is 124 Å². The lowest BCUT2D eigenvalue weighted by molar-refractivity contribution is 0.928. The van der Waals surface area contributed by atoms with E-state index in [4.69, 9.17) is 13.1 Å². The Labute approximate surface area is 281 Å². The molecular weight excluding hydrogens is 607 g/mol. The third-order valence-electron chi connectivity index (χ3n) is 8.37. The Kier molecular flexibility index (Phi) is 7.32. The van der Waals surface area contributed by atoms with Gasteiger partial charge < -0.3 is 4.57 Å². The van der Waals surface area contributed by atoms with Crippen molar-refractivity contribution in [2.24, 2.45) is 0 Å². The summed E-state index contributed by atoms with van der Waals surface area (Å²) >= 11 is 0. The van der Waals surface area contributed by atoms with Crippen LogP contribution in [0.2, 0.25) is 0 Å². The van der Waals surface area contributed by atoms with Crippen molar-refractivity contribution < 1.29 is 0 Å². The first-order valence-corrected chi connectivity index (χ1v) is 15.0. The van der Waals surface area contributed by atoms with Crippen LogP contribution in [0.1, 0.15) is 28.3 Å². The van der Waals surface area contributed by atoms with E-state index in [2.05, 4.69) is 47.4 Å². The summed E-state index contributed by atoms with van der Waals surface area (Å²) in [5.41, 5.74) is 7.88. The normalized spacial score (nSPS) is 10.6. The first-order valence-electron chi connectivity index (χ1n) is 15.0. The summed E-state index contributed by atoms with van der Waals surface area (Å²) in [7, 11) is 0. The third kappa shape index (κ3) is 5.15. The number of rotatable bonds is 4. The second-order valence-corrected chi connectivity index (χ2v) is 11.3. The monoisotopic (exact) mass is 627 g/mol. The van der Waals surface area contributed by atoms with Crippen molar-refractivity contribution in [1.29, 1.82) is 15.8 Å². The lowest BCUT2D eigenvalue weighted by atomic mass is 9.98. The highest BCUT2D eigenvalue weighted by atomic mass is 15.0. The first kappa shape index (κ1) is 30.0. The van der Waals surface area contributed by atoms with Gasteiger partial charge in [0.05, 0.1) is 47.9 Å². The van der Waals surface area contributed by atoms with Crippen LogP contribution in [0.4, 0.5) is 11.4 Å². The first-order chi connectivity index (χ1) is 23.8. The van der Waals surface area contributed by atoms with Crippen LogP contribution in [0.5, 0.6) is 0 Å². The largest absolute Gasteiger partial charge is 0.309 e. The average molecular weight is 628 g/mol. The van der Waals surface area contributed by atoms with Gasteiger partial charge in [-0.15, -0.1) is 0 Å². The Hall–Kier alpha value is -7.64. The molecule has 0 aliphatic heterocycles. The molecule has 5 aromatic carbocycles. The lowest BCUT2D eigenvalue weighted by Gasteiger charge is -2.13. The summed E-state index contributed by atoms with van der Waals surface area (Å²) in [5, 5.41) is 31.6. The lowest BCUT2D eigenvalue weighted by Crippen LogP contribution is -2.01. The molecule has 0 N–H and O–H groups in total. The molecule has 0 atom stereocenters. The Bertz CT molecular complexity index is 2600. The molecular formula is C40H21N9. The van der Waals surface area contributed by atoms with Crippen molar-refractivity contribution in [3.8, 4) is 57.5 Å². The van der Waals surface area contributed by atoms with E-state index >= 15 is 0 Å². The van der Waals surface area contributed by atoms with Crippen molar-refractivity contribution in [2.75, 3.05) is 0 Å². The second-order valence-electron chi connectivity index (χ2n) is 11.3. The number of fused-ring (bicyclic) bond motifs is 3. The molecule has 0 amide bonds. The minimum atomic E-state index is 0.370. The SMILES string of the molecule is [C-]#[N+]c1ccc(-c2ccc3c4ccc(-c5ccc(C#N)cc5[N+]#[C-])cc4n(-c4ccc(-c5nc(C)nc(C)n5)c(C#N)c4)c3c2)c(C#N)c1. The van der Waals surface area contributed by atoms with Crippen LogP contribution >= 0.6 is 0 Å². The van der Waals surface area contributed by atoms with Crippen LogP contribution < -0.4 is 0 Å². The summed E-state index contributed by atoms with van der Waals surface area (Å²) in [6.45, 7) is 18.7. The van der Waals surface area contributed by atoms with Gasteiger partial charge >= 0.3 is 0 Å². The van der Waals surface area contributed by atoms with E-state index < -0.39 is 0 Å². The van der Waals surface area contributed by atoms with Gasteiger partial charge in [-0.3, -0.25) is 0 Å². The van der Waals surface area contributed by atoms with E-state index in [0.29, 0.717) is 67.9 Å². The molecule has 9 nitrogen and oxygen atoms in total. The van der Waals surface area contributed by atoms with Gasteiger partial charge in [0.15, 0.2) is 17.2 Å². The molecule has 0 fully saturated rings. The van der Waals surface area contributed by atoms with Crippen LogP contribution in [0.25, 0.3) is 70.8 Å². The molecule has 0 aliphatic carbocycles. The highest BCUT2D eigenvalue weighted by Gasteiger charge is 2.19. The smallest absolute Gasteiger partial charge is 0.196 e. The fourth-order valence-corrected chi connectivity index (χ4v) is 6.21. The van der Waals surface area contributed by atoms with Crippen LogP contribution in [-0.4, -0.2) is 19.5 Å².